The van der Waals surface area contributed by atoms with Crippen molar-refractivity contribution in [3.05, 3.63) is 47.5 Å². The van der Waals surface area contributed by atoms with Crippen molar-refractivity contribution in [1.29, 1.82) is 0 Å². The maximum atomic E-state index is 11.1. The molecule has 23 heavy (non-hydrogen) atoms. The maximum Gasteiger partial charge on any atom is 0.137 e. The smallest absolute Gasteiger partial charge is 0.137 e. The van der Waals surface area contributed by atoms with Crippen LogP contribution in [0.15, 0.2) is 36.9 Å². The van der Waals surface area contributed by atoms with E-state index < -0.39 is 5.60 Å². The molecule has 0 fully saturated rings. The lowest BCUT2D eigenvalue weighted by Gasteiger charge is -2.40. The summed E-state index contributed by atoms with van der Waals surface area (Å²) in [6.07, 6.45) is 4.57. The molecule has 0 aliphatic heterocycles. The second kappa shape index (κ2) is 8.46. The van der Waals surface area contributed by atoms with Gasteiger partial charge in [0.2, 0.25) is 0 Å². The molecule has 0 saturated heterocycles. The SMILES string of the molecule is C.C.CC(C)(C)C(O)(CCc1ccc(Cl)cc1)Cn1cncn1. The van der Waals surface area contributed by atoms with E-state index in [1.807, 2.05) is 45.0 Å². The third kappa shape index (κ3) is 5.63. The molecule has 2 rings (SSSR count). The molecule has 5 heteroatoms. The molecule has 1 aromatic carbocycles. The van der Waals surface area contributed by atoms with E-state index in [0.717, 1.165) is 11.4 Å². The van der Waals surface area contributed by atoms with Gasteiger partial charge in [-0.1, -0.05) is 59.4 Å². The molecule has 0 spiro atoms. The number of rotatable bonds is 5. The first-order valence-electron chi connectivity index (χ1n) is 7.09. The van der Waals surface area contributed by atoms with Crippen molar-refractivity contribution in [2.45, 2.75) is 60.6 Å². The van der Waals surface area contributed by atoms with Crippen LogP contribution in [0.3, 0.4) is 0 Å². The molecule has 0 radical (unpaired) electrons. The van der Waals surface area contributed by atoms with Crippen molar-refractivity contribution >= 4 is 11.6 Å². The summed E-state index contributed by atoms with van der Waals surface area (Å²) in [5.41, 5.74) is 0.0479. The van der Waals surface area contributed by atoms with Gasteiger partial charge in [-0.3, -0.25) is 4.68 Å². The van der Waals surface area contributed by atoms with E-state index in [1.54, 1.807) is 11.0 Å². The zero-order chi connectivity index (χ0) is 15.5. The Kier molecular flexibility index (Phi) is 7.95. The molecule has 1 aromatic heterocycles. The Hall–Kier alpha value is -1.39. The Bertz CT molecular complexity index is 561. The van der Waals surface area contributed by atoms with E-state index in [2.05, 4.69) is 10.1 Å². The van der Waals surface area contributed by atoms with Crippen molar-refractivity contribution in [3.8, 4) is 0 Å². The highest BCUT2D eigenvalue weighted by atomic mass is 35.5. The minimum Gasteiger partial charge on any atom is -0.387 e. The molecule has 0 aliphatic carbocycles. The molecule has 1 N–H and O–H groups in total. The first-order chi connectivity index (χ1) is 9.80. The molecule has 1 heterocycles. The first kappa shape index (κ1) is 21.6. The number of benzene rings is 1. The van der Waals surface area contributed by atoms with Crippen LogP contribution in [-0.4, -0.2) is 25.5 Å². The molecule has 1 unspecified atom stereocenters. The topological polar surface area (TPSA) is 50.9 Å². The van der Waals surface area contributed by atoms with Crippen molar-refractivity contribution in [2.75, 3.05) is 0 Å². The lowest BCUT2D eigenvalue weighted by atomic mass is 9.73. The number of aromatic nitrogens is 3. The van der Waals surface area contributed by atoms with Gasteiger partial charge in [0.05, 0.1) is 12.1 Å². The van der Waals surface area contributed by atoms with E-state index in [9.17, 15) is 5.11 Å². The molecule has 2 aromatic rings. The van der Waals surface area contributed by atoms with Crippen molar-refractivity contribution < 1.29 is 5.11 Å². The summed E-state index contributed by atoms with van der Waals surface area (Å²) in [5.74, 6) is 0. The average Bonchev–Trinajstić information content (AvgIpc) is 2.89. The van der Waals surface area contributed by atoms with Gasteiger partial charge in [-0.15, -0.1) is 0 Å². The molecule has 4 nitrogen and oxygen atoms in total. The van der Waals surface area contributed by atoms with E-state index >= 15 is 0 Å². The van der Waals surface area contributed by atoms with Gasteiger partial charge in [-0.2, -0.15) is 5.10 Å². The summed E-state index contributed by atoms with van der Waals surface area (Å²) in [7, 11) is 0. The van der Waals surface area contributed by atoms with Gasteiger partial charge in [0.25, 0.3) is 0 Å². The predicted octanol–water partition coefficient (Wildman–Crippen LogP) is 4.61. The van der Waals surface area contributed by atoms with Crippen LogP contribution in [0.5, 0.6) is 0 Å². The molecule has 0 amide bonds. The normalized spacial score (nSPS) is 13.6. The van der Waals surface area contributed by atoms with Gasteiger partial charge < -0.3 is 5.11 Å². The Morgan fingerprint density at radius 2 is 1.74 bits per heavy atom. The molecule has 0 aliphatic rings. The number of aliphatic hydroxyl groups is 1. The standard InChI is InChI=1S/C16H22ClN3O.2CH4/c1-15(2,3)16(21,10-20-12-18-11-19-20)9-8-13-4-6-14(17)7-5-13;;/h4-7,11-12,21H,8-10H2,1-3H3;2*1H4. The minimum absolute atomic E-state index is 0. The van der Waals surface area contributed by atoms with Crippen molar-refractivity contribution in [3.63, 3.8) is 0 Å². The summed E-state index contributed by atoms with van der Waals surface area (Å²) in [4.78, 5) is 3.94. The second-order valence-corrected chi connectivity index (χ2v) is 6.94. The number of hydrogen-bond acceptors (Lipinski definition) is 3. The van der Waals surface area contributed by atoms with Crippen LogP contribution < -0.4 is 0 Å². The fourth-order valence-electron chi connectivity index (χ4n) is 2.28. The highest BCUT2D eigenvalue weighted by Gasteiger charge is 2.40. The molecule has 0 saturated carbocycles. The highest BCUT2D eigenvalue weighted by Crippen LogP contribution is 2.35. The summed E-state index contributed by atoms with van der Waals surface area (Å²) in [5, 5.41) is 16.0. The highest BCUT2D eigenvalue weighted by molar-refractivity contribution is 6.30. The van der Waals surface area contributed by atoms with Crippen LogP contribution in [0.25, 0.3) is 0 Å². The molecule has 130 valence electrons. The van der Waals surface area contributed by atoms with Crippen LogP contribution >= 0.6 is 11.6 Å². The van der Waals surface area contributed by atoms with Gasteiger partial charge in [-0.05, 0) is 36.0 Å². The monoisotopic (exact) mass is 339 g/mol. The number of halogens is 1. The minimum atomic E-state index is -0.861. The number of nitrogens with zero attached hydrogens (tertiary/aromatic N) is 3. The Balaban J connectivity index is 0.00000242. The van der Waals surface area contributed by atoms with Crippen LogP contribution in [0, 0.1) is 5.41 Å². The second-order valence-electron chi connectivity index (χ2n) is 6.50. The van der Waals surface area contributed by atoms with Crippen LogP contribution in [0.1, 0.15) is 47.6 Å². The average molecular weight is 340 g/mol. The number of aryl methyl sites for hydroxylation is 1. The largest absolute Gasteiger partial charge is 0.387 e. The Morgan fingerprint density at radius 1 is 1.13 bits per heavy atom. The molecule has 1 atom stereocenters. The maximum absolute atomic E-state index is 11.1. The predicted molar refractivity (Wildman–Crippen MR) is 97.7 cm³/mol. The summed E-state index contributed by atoms with van der Waals surface area (Å²) >= 11 is 5.90. The lowest BCUT2D eigenvalue weighted by Crippen LogP contribution is -2.47. The van der Waals surface area contributed by atoms with E-state index in [-0.39, 0.29) is 20.3 Å². The van der Waals surface area contributed by atoms with Crippen LogP contribution in [-0.2, 0) is 13.0 Å². The number of hydrogen-bond donors (Lipinski definition) is 1. The third-order valence-corrected chi connectivity index (χ3v) is 4.28. The lowest BCUT2D eigenvalue weighted by molar-refractivity contribution is -0.0796. The van der Waals surface area contributed by atoms with Gasteiger partial charge in [0.15, 0.2) is 0 Å². The fraction of sp³-hybridized carbons (Fsp3) is 0.556. The van der Waals surface area contributed by atoms with E-state index in [1.165, 1.54) is 11.9 Å². The van der Waals surface area contributed by atoms with Crippen LogP contribution in [0.4, 0.5) is 0 Å². The third-order valence-electron chi connectivity index (χ3n) is 4.03. The van der Waals surface area contributed by atoms with Crippen molar-refractivity contribution in [1.82, 2.24) is 14.8 Å². The fourth-order valence-corrected chi connectivity index (χ4v) is 2.40. The zero-order valence-corrected chi connectivity index (χ0v) is 13.5. The van der Waals surface area contributed by atoms with Gasteiger partial charge in [0, 0.05) is 5.02 Å². The Morgan fingerprint density at radius 3 is 2.22 bits per heavy atom. The quantitative estimate of drug-likeness (QED) is 0.865. The first-order valence-corrected chi connectivity index (χ1v) is 7.47. The Labute approximate surface area is 145 Å². The van der Waals surface area contributed by atoms with Crippen molar-refractivity contribution in [2.24, 2.45) is 5.41 Å². The summed E-state index contributed by atoms with van der Waals surface area (Å²) < 4.78 is 1.69. The molecular formula is C18H30ClN3O. The van der Waals surface area contributed by atoms with Gasteiger partial charge >= 0.3 is 0 Å². The summed E-state index contributed by atoms with van der Waals surface area (Å²) in [6, 6.07) is 7.76. The molecule has 0 bridgehead atoms. The van der Waals surface area contributed by atoms with E-state index in [4.69, 9.17) is 11.6 Å². The van der Waals surface area contributed by atoms with Gasteiger partial charge in [0.1, 0.15) is 12.7 Å². The van der Waals surface area contributed by atoms with Crippen LogP contribution in [0.2, 0.25) is 5.02 Å². The van der Waals surface area contributed by atoms with E-state index in [0.29, 0.717) is 13.0 Å². The zero-order valence-electron chi connectivity index (χ0n) is 12.8. The summed E-state index contributed by atoms with van der Waals surface area (Å²) in [6.45, 7) is 6.58. The van der Waals surface area contributed by atoms with Gasteiger partial charge in [-0.25, -0.2) is 4.98 Å². The molecular weight excluding hydrogens is 310 g/mol.